The molecule has 0 unspecified atom stereocenters. The van der Waals surface area contributed by atoms with Crippen molar-refractivity contribution < 1.29 is 14.3 Å². The zero-order chi connectivity index (χ0) is 20.8. The number of hydrogen-bond acceptors (Lipinski definition) is 9. The van der Waals surface area contributed by atoms with Gasteiger partial charge in [0.05, 0.1) is 36.3 Å². The zero-order valence-electron chi connectivity index (χ0n) is 16.7. The van der Waals surface area contributed by atoms with Crippen molar-refractivity contribution in [2.24, 2.45) is 7.05 Å². The SMILES string of the molecule is CNc1cc2nn3c(cnc13)C(=O)O[C@H](C)COCc1cc(c3nnn(C)c3c1)N2. The van der Waals surface area contributed by atoms with Gasteiger partial charge in [-0.3, -0.25) is 0 Å². The molecule has 154 valence electrons. The van der Waals surface area contributed by atoms with Crippen LogP contribution < -0.4 is 10.6 Å². The third-order valence-electron chi connectivity index (χ3n) is 4.92. The number of aryl methyl sites for hydroxylation is 1. The first kappa shape index (κ1) is 18.3. The van der Waals surface area contributed by atoms with Crippen molar-refractivity contribution in [2.75, 3.05) is 24.3 Å². The van der Waals surface area contributed by atoms with Gasteiger partial charge >= 0.3 is 5.97 Å². The van der Waals surface area contributed by atoms with Crippen molar-refractivity contribution in [3.8, 4) is 0 Å². The lowest BCUT2D eigenvalue weighted by Crippen LogP contribution is -2.22. The minimum Gasteiger partial charge on any atom is -0.455 e. The van der Waals surface area contributed by atoms with Crippen LogP contribution in [0.15, 0.2) is 24.4 Å². The van der Waals surface area contributed by atoms with Crippen LogP contribution in [0, 0.1) is 0 Å². The minimum atomic E-state index is -0.516. The second-order valence-electron chi connectivity index (χ2n) is 7.15. The Morgan fingerprint density at radius 1 is 1.30 bits per heavy atom. The Balaban J connectivity index is 1.72. The molecule has 0 saturated heterocycles. The first-order chi connectivity index (χ1) is 14.5. The van der Waals surface area contributed by atoms with E-state index in [-0.39, 0.29) is 12.3 Å². The van der Waals surface area contributed by atoms with Crippen LogP contribution in [-0.4, -0.2) is 55.3 Å². The van der Waals surface area contributed by atoms with Crippen LogP contribution in [0.4, 0.5) is 17.2 Å². The van der Waals surface area contributed by atoms with Crippen LogP contribution in [0.3, 0.4) is 0 Å². The summed E-state index contributed by atoms with van der Waals surface area (Å²) in [7, 11) is 3.62. The average molecular weight is 408 g/mol. The minimum absolute atomic E-state index is 0.229. The highest BCUT2D eigenvalue weighted by Gasteiger charge is 2.21. The molecule has 1 atom stereocenters. The summed E-state index contributed by atoms with van der Waals surface area (Å²) in [5.41, 5.74) is 4.70. The molecule has 11 heteroatoms. The Morgan fingerprint density at radius 3 is 3.00 bits per heavy atom. The fourth-order valence-corrected chi connectivity index (χ4v) is 3.48. The van der Waals surface area contributed by atoms with E-state index in [4.69, 9.17) is 9.47 Å². The number of nitrogens with one attached hydrogen (secondary N) is 2. The van der Waals surface area contributed by atoms with Gasteiger partial charge in [-0.15, -0.1) is 10.2 Å². The van der Waals surface area contributed by atoms with Crippen molar-refractivity contribution in [3.05, 3.63) is 35.7 Å². The second kappa shape index (κ2) is 6.95. The molecule has 0 aliphatic carbocycles. The molecule has 2 N–H and O–H groups in total. The standard InChI is InChI=1S/C19H20N8O3/c1-10-8-29-9-11-4-12(17-14(5-11)26(3)25-23-17)22-16-6-13(20-2)18-21-7-15(19(28)30-10)27(18)24-16/h4-7,10,20H,8-9H2,1-3H3,(H,22,24)/t10-/m1/s1. The third-order valence-corrected chi connectivity index (χ3v) is 4.92. The van der Waals surface area contributed by atoms with Crippen LogP contribution in [-0.2, 0) is 23.1 Å². The van der Waals surface area contributed by atoms with Crippen LogP contribution >= 0.6 is 0 Å². The number of ether oxygens (including phenoxy) is 2. The number of nitrogens with zero attached hydrogens (tertiary/aromatic N) is 6. The van der Waals surface area contributed by atoms with E-state index in [1.807, 2.05) is 25.2 Å². The monoisotopic (exact) mass is 408 g/mol. The number of esters is 1. The van der Waals surface area contributed by atoms with E-state index < -0.39 is 12.1 Å². The number of anilines is 3. The summed E-state index contributed by atoms with van der Waals surface area (Å²) >= 11 is 0. The molecule has 1 aliphatic heterocycles. The molecule has 5 rings (SSSR count). The Morgan fingerprint density at radius 2 is 2.17 bits per heavy atom. The number of cyclic esters (lactones) is 1. The zero-order valence-corrected chi connectivity index (χ0v) is 16.7. The highest BCUT2D eigenvalue weighted by atomic mass is 16.6. The summed E-state index contributed by atoms with van der Waals surface area (Å²) in [5.74, 6) is -0.00812. The Bertz CT molecular complexity index is 1280. The van der Waals surface area contributed by atoms with Crippen molar-refractivity contribution >= 4 is 39.8 Å². The normalized spacial score (nSPS) is 17.0. The van der Waals surface area contributed by atoms with E-state index in [0.717, 1.165) is 16.8 Å². The van der Waals surface area contributed by atoms with Crippen LogP contribution in [0.1, 0.15) is 23.0 Å². The Kier molecular flexibility index (Phi) is 4.24. The number of carbonyl (C=O) groups excluding carboxylic acids is 1. The summed E-state index contributed by atoms with van der Waals surface area (Å²) in [5, 5.41) is 19.4. The lowest BCUT2D eigenvalue weighted by molar-refractivity contribution is -0.00230. The number of imidazole rings is 1. The molecule has 0 fully saturated rings. The first-order valence-corrected chi connectivity index (χ1v) is 9.48. The van der Waals surface area contributed by atoms with Gasteiger partial charge in [-0.2, -0.15) is 0 Å². The lowest BCUT2D eigenvalue weighted by Gasteiger charge is -2.16. The highest BCUT2D eigenvalue weighted by molar-refractivity contribution is 5.92. The summed E-state index contributed by atoms with van der Waals surface area (Å²) in [4.78, 5) is 17.0. The van der Waals surface area contributed by atoms with Gasteiger partial charge in [0.25, 0.3) is 0 Å². The van der Waals surface area contributed by atoms with Gasteiger partial charge < -0.3 is 20.1 Å². The molecule has 11 nitrogen and oxygen atoms in total. The van der Waals surface area contributed by atoms with E-state index in [1.54, 1.807) is 18.7 Å². The number of aromatic nitrogens is 6. The molecule has 1 aromatic carbocycles. The predicted molar refractivity (Wildman–Crippen MR) is 109 cm³/mol. The van der Waals surface area contributed by atoms with Crippen molar-refractivity contribution in [1.82, 2.24) is 29.6 Å². The van der Waals surface area contributed by atoms with E-state index in [0.29, 0.717) is 29.3 Å². The first-order valence-electron chi connectivity index (χ1n) is 9.48. The number of fused-ring (bicyclic) bond motifs is 5. The summed E-state index contributed by atoms with van der Waals surface area (Å²) in [6, 6.07) is 5.75. The highest BCUT2D eigenvalue weighted by Crippen LogP contribution is 2.28. The van der Waals surface area contributed by atoms with Gasteiger partial charge in [0, 0.05) is 20.2 Å². The quantitative estimate of drug-likeness (QED) is 0.455. The third kappa shape index (κ3) is 2.99. The van der Waals surface area contributed by atoms with Gasteiger partial charge in [-0.25, -0.2) is 19.0 Å². The Labute approximate surface area is 171 Å². The van der Waals surface area contributed by atoms with Gasteiger partial charge in [0.2, 0.25) is 0 Å². The summed E-state index contributed by atoms with van der Waals surface area (Å²) in [6.45, 7) is 2.39. The average Bonchev–Trinajstić information content (AvgIpc) is 3.31. The van der Waals surface area contributed by atoms with Crippen LogP contribution in [0.2, 0.25) is 0 Å². The maximum atomic E-state index is 12.7. The molecule has 1 aliphatic rings. The molecule has 3 aromatic heterocycles. The largest absolute Gasteiger partial charge is 0.455 e. The molecule has 0 radical (unpaired) electrons. The number of hydrogen-bond donors (Lipinski definition) is 2. The van der Waals surface area contributed by atoms with Crippen LogP contribution in [0.5, 0.6) is 0 Å². The maximum Gasteiger partial charge on any atom is 0.359 e. The van der Waals surface area contributed by atoms with Crippen LogP contribution in [0.25, 0.3) is 16.7 Å². The molecule has 0 saturated carbocycles. The number of rotatable bonds is 1. The summed E-state index contributed by atoms with van der Waals surface area (Å²) < 4.78 is 14.5. The molecule has 4 heterocycles. The smallest absolute Gasteiger partial charge is 0.359 e. The summed E-state index contributed by atoms with van der Waals surface area (Å²) in [6.07, 6.45) is 1.02. The van der Waals surface area contributed by atoms with E-state index in [2.05, 4.69) is 31.0 Å². The molecule has 0 amide bonds. The molecule has 4 bridgehead atoms. The maximum absolute atomic E-state index is 12.7. The number of carbonyl (C=O) groups is 1. The van der Waals surface area contributed by atoms with Crippen molar-refractivity contribution in [1.29, 1.82) is 0 Å². The molecular weight excluding hydrogens is 388 g/mol. The molecule has 30 heavy (non-hydrogen) atoms. The fourth-order valence-electron chi connectivity index (χ4n) is 3.48. The van der Waals surface area contributed by atoms with Gasteiger partial charge in [0.15, 0.2) is 17.2 Å². The number of benzene rings is 1. The van der Waals surface area contributed by atoms with Gasteiger partial charge in [-0.05, 0) is 24.6 Å². The predicted octanol–water partition coefficient (Wildman–Crippen LogP) is 1.87. The van der Waals surface area contributed by atoms with E-state index >= 15 is 0 Å². The van der Waals surface area contributed by atoms with Crippen molar-refractivity contribution in [3.63, 3.8) is 0 Å². The van der Waals surface area contributed by atoms with Gasteiger partial charge in [0.1, 0.15) is 11.6 Å². The topological polar surface area (TPSA) is 120 Å². The van der Waals surface area contributed by atoms with Gasteiger partial charge in [-0.1, -0.05) is 5.21 Å². The molecule has 4 aromatic rings. The van der Waals surface area contributed by atoms with E-state index in [1.165, 1.54) is 10.7 Å². The van der Waals surface area contributed by atoms with E-state index in [9.17, 15) is 4.79 Å². The molecular formula is C19H20N8O3. The Hall–Kier alpha value is -3.73. The lowest BCUT2D eigenvalue weighted by atomic mass is 10.1. The fraction of sp³-hybridized carbons (Fsp3) is 0.316. The van der Waals surface area contributed by atoms with Crippen molar-refractivity contribution in [2.45, 2.75) is 19.6 Å². The second-order valence-corrected chi connectivity index (χ2v) is 7.15. The molecule has 0 spiro atoms.